The summed E-state index contributed by atoms with van der Waals surface area (Å²) in [5, 5.41) is 4.70. The summed E-state index contributed by atoms with van der Waals surface area (Å²) in [6.07, 6.45) is 0.378. The topological polar surface area (TPSA) is 68.0 Å². The molecule has 4 nitrogen and oxygen atoms in total. The predicted molar refractivity (Wildman–Crippen MR) is 70.0 cm³/mol. The van der Waals surface area contributed by atoms with Gasteiger partial charge in [0.25, 0.3) is 0 Å². The van der Waals surface area contributed by atoms with E-state index < -0.39 is 0 Å². The average Bonchev–Trinajstić information content (AvgIpc) is 2.76. The van der Waals surface area contributed by atoms with E-state index >= 15 is 0 Å². The number of aryl methyl sites for hydroxylation is 1. The van der Waals surface area contributed by atoms with Crippen LogP contribution in [0.5, 0.6) is 0 Å². The zero-order chi connectivity index (χ0) is 12.3. The molecule has 0 unspecified atom stereocenters. The molecule has 2 aromatic rings. The maximum absolute atomic E-state index is 11.7. The predicted octanol–water partition coefficient (Wildman–Crippen LogP) is 2.21. The summed E-state index contributed by atoms with van der Waals surface area (Å²) in [5.74, 6) is 0.474. The van der Waals surface area contributed by atoms with Crippen LogP contribution in [0.4, 0.5) is 11.5 Å². The molecule has 0 atom stereocenters. The van der Waals surface area contributed by atoms with Crippen LogP contribution < -0.4 is 11.1 Å². The number of carbonyl (C=O) groups excluding carboxylic acids is 1. The molecule has 5 heteroatoms. The number of nitrogens with two attached hydrogens (primary N) is 1. The molecule has 2 heterocycles. The second-order valence-corrected chi connectivity index (χ2v) is 4.71. The number of thiophene rings is 1. The van der Waals surface area contributed by atoms with Crippen LogP contribution in [0.2, 0.25) is 0 Å². The van der Waals surface area contributed by atoms with E-state index in [1.54, 1.807) is 23.5 Å². The van der Waals surface area contributed by atoms with Crippen LogP contribution in [0.3, 0.4) is 0 Å². The summed E-state index contributed by atoms with van der Waals surface area (Å²) in [6, 6.07) is 7.31. The number of aromatic nitrogens is 1. The monoisotopic (exact) mass is 247 g/mol. The van der Waals surface area contributed by atoms with E-state index in [4.69, 9.17) is 5.73 Å². The van der Waals surface area contributed by atoms with Crippen LogP contribution in [-0.4, -0.2) is 10.9 Å². The van der Waals surface area contributed by atoms with Crippen LogP contribution in [0, 0.1) is 6.92 Å². The van der Waals surface area contributed by atoms with Gasteiger partial charge in [0, 0.05) is 4.88 Å². The quantitative estimate of drug-likeness (QED) is 0.873. The third kappa shape index (κ3) is 3.04. The zero-order valence-electron chi connectivity index (χ0n) is 9.43. The van der Waals surface area contributed by atoms with Crippen LogP contribution >= 0.6 is 11.3 Å². The first-order valence-corrected chi connectivity index (χ1v) is 6.08. The maximum Gasteiger partial charge on any atom is 0.230 e. The van der Waals surface area contributed by atoms with Crippen LogP contribution in [0.1, 0.15) is 10.6 Å². The lowest BCUT2D eigenvalue weighted by molar-refractivity contribution is -0.115. The highest BCUT2D eigenvalue weighted by molar-refractivity contribution is 7.10. The van der Waals surface area contributed by atoms with Crippen molar-refractivity contribution < 1.29 is 4.79 Å². The second kappa shape index (κ2) is 4.97. The lowest BCUT2D eigenvalue weighted by Gasteiger charge is -2.05. The lowest BCUT2D eigenvalue weighted by Crippen LogP contribution is -2.15. The van der Waals surface area contributed by atoms with Gasteiger partial charge in [0.05, 0.1) is 17.8 Å². The van der Waals surface area contributed by atoms with E-state index in [1.807, 2.05) is 24.4 Å². The Morgan fingerprint density at radius 3 is 2.94 bits per heavy atom. The molecule has 0 saturated carbocycles. The molecule has 0 fully saturated rings. The molecular weight excluding hydrogens is 234 g/mol. The summed E-state index contributed by atoms with van der Waals surface area (Å²) in [7, 11) is 0. The van der Waals surface area contributed by atoms with Crippen molar-refractivity contribution in [2.24, 2.45) is 0 Å². The van der Waals surface area contributed by atoms with Crippen LogP contribution in [0.15, 0.2) is 29.6 Å². The number of pyridine rings is 1. The van der Waals surface area contributed by atoms with Crippen molar-refractivity contribution in [3.63, 3.8) is 0 Å². The number of nitrogen functional groups attached to an aromatic ring is 1. The largest absolute Gasteiger partial charge is 0.397 e. The SMILES string of the molecule is Cc1nc(NC(=O)Cc2cccs2)ccc1N. The van der Waals surface area contributed by atoms with Crippen molar-refractivity contribution in [3.8, 4) is 0 Å². The number of rotatable bonds is 3. The fourth-order valence-corrected chi connectivity index (χ4v) is 2.10. The first-order valence-electron chi connectivity index (χ1n) is 5.20. The molecule has 2 aromatic heterocycles. The van der Waals surface area contributed by atoms with Gasteiger partial charge in [-0.05, 0) is 30.5 Å². The Morgan fingerprint density at radius 1 is 1.47 bits per heavy atom. The maximum atomic E-state index is 11.7. The molecule has 0 aliphatic carbocycles. The van der Waals surface area contributed by atoms with Crippen LogP contribution in [-0.2, 0) is 11.2 Å². The van der Waals surface area contributed by atoms with Crippen molar-refractivity contribution in [1.82, 2.24) is 4.98 Å². The highest BCUT2D eigenvalue weighted by atomic mass is 32.1. The highest BCUT2D eigenvalue weighted by Crippen LogP contribution is 2.13. The minimum atomic E-state index is -0.0656. The van der Waals surface area contributed by atoms with Gasteiger partial charge in [-0.15, -0.1) is 11.3 Å². The van der Waals surface area contributed by atoms with Crippen molar-refractivity contribution in [3.05, 3.63) is 40.2 Å². The van der Waals surface area contributed by atoms with E-state index in [-0.39, 0.29) is 5.91 Å². The minimum Gasteiger partial charge on any atom is -0.397 e. The van der Waals surface area contributed by atoms with Gasteiger partial charge in [-0.1, -0.05) is 6.07 Å². The molecule has 0 aliphatic heterocycles. The van der Waals surface area contributed by atoms with Crippen LogP contribution in [0.25, 0.3) is 0 Å². The van der Waals surface area contributed by atoms with Gasteiger partial charge in [0.2, 0.25) is 5.91 Å². The molecule has 2 rings (SSSR count). The summed E-state index contributed by atoms with van der Waals surface area (Å²) < 4.78 is 0. The fourth-order valence-electron chi connectivity index (χ4n) is 1.40. The van der Waals surface area contributed by atoms with Gasteiger partial charge in [-0.3, -0.25) is 4.79 Å². The van der Waals surface area contributed by atoms with Gasteiger partial charge >= 0.3 is 0 Å². The number of hydrogen-bond acceptors (Lipinski definition) is 4. The highest BCUT2D eigenvalue weighted by Gasteiger charge is 2.06. The Bertz CT molecular complexity index is 523. The zero-order valence-corrected chi connectivity index (χ0v) is 10.3. The first kappa shape index (κ1) is 11.6. The van der Waals surface area contributed by atoms with Crippen molar-refractivity contribution in [2.45, 2.75) is 13.3 Å². The molecule has 0 bridgehead atoms. The number of carbonyl (C=O) groups is 1. The molecule has 1 amide bonds. The second-order valence-electron chi connectivity index (χ2n) is 3.68. The van der Waals surface area contributed by atoms with Crippen molar-refractivity contribution in [2.75, 3.05) is 11.1 Å². The summed E-state index contributed by atoms with van der Waals surface area (Å²) in [4.78, 5) is 16.9. The van der Waals surface area contributed by atoms with Gasteiger partial charge < -0.3 is 11.1 Å². The van der Waals surface area contributed by atoms with Gasteiger partial charge in [-0.2, -0.15) is 0 Å². The number of anilines is 2. The molecule has 17 heavy (non-hydrogen) atoms. The summed E-state index contributed by atoms with van der Waals surface area (Å²) in [6.45, 7) is 1.81. The molecule has 3 N–H and O–H groups in total. The van der Waals surface area contributed by atoms with Crippen molar-refractivity contribution in [1.29, 1.82) is 0 Å². The smallest absolute Gasteiger partial charge is 0.230 e. The number of hydrogen-bond donors (Lipinski definition) is 2. The standard InChI is InChI=1S/C12H13N3OS/c1-8-10(13)4-5-11(14-8)15-12(16)7-9-3-2-6-17-9/h2-6H,7,13H2,1H3,(H,14,15,16). The van der Waals surface area contributed by atoms with Crippen molar-refractivity contribution >= 4 is 28.7 Å². The van der Waals surface area contributed by atoms with Gasteiger partial charge in [-0.25, -0.2) is 4.98 Å². The molecule has 0 aliphatic rings. The number of nitrogens with zero attached hydrogens (tertiary/aromatic N) is 1. The molecule has 0 radical (unpaired) electrons. The summed E-state index contributed by atoms with van der Waals surface area (Å²) >= 11 is 1.57. The minimum absolute atomic E-state index is 0.0656. The first-order chi connectivity index (χ1) is 8.15. The Kier molecular flexibility index (Phi) is 3.39. The normalized spacial score (nSPS) is 10.2. The summed E-state index contributed by atoms with van der Waals surface area (Å²) in [5.41, 5.74) is 7.00. The third-order valence-corrected chi connectivity index (χ3v) is 3.19. The van der Waals surface area contributed by atoms with E-state index in [0.717, 1.165) is 10.6 Å². The van der Waals surface area contributed by atoms with Gasteiger partial charge in [0.1, 0.15) is 5.82 Å². The van der Waals surface area contributed by atoms with Gasteiger partial charge in [0.15, 0.2) is 0 Å². The number of nitrogens with one attached hydrogen (secondary N) is 1. The van der Waals surface area contributed by atoms with E-state index in [9.17, 15) is 4.79 Å². The third-order valence-electron chi connectivity index (χ3n) is 2.31. The van der Waals surface area contributed by atoms with E-state index in [1.165, 1.54) is 0 Å². The average molecular weight is 247 g/mol. The van der Waals surface area contributed by atoms with E-state index in [2.05, 4.69) is 10.3 Å². The molecule has 0 spiro atoms. The number of amides is 1. The molecule has 0 aromatic carbocycles. The molecular formula is C12H13N3OS. The lowest BCUT2D eigenvalue weighted by atomic mass is 10.3. The Morgan fingerprint density at radius 2 is 2.29 bits per heavy atom. The Labute approximate surface area is 103 Å². The van der Waals surface area contributed by atoms with E-state index in [0.29, 0.717) is 17.9 Å². The fraction of sp³-hybridized carbons (Fsp3) is 0.167. The molecule has 0 saturated heterocycles. The Balaban J connectivity index is 2.00. The Hall–Kier alpha value is -1.88. The molecule has 88 valence electrons.